The van der Waals surface area contributed by atoms with E-state index in [1.54, 1.807) is 0 Å². The molecule has 3 heteroatoms. The minimum absolute atomic E-state index is 0.0821. The number of rotatable bonds is 2. The first-order valence-electron chi connectivity index (χ1n) is 8.69. The van der Waals surface area contributed by atoms with E-state index in [1.807, 2.05) is 6.20 Å². The maximum atomic E-state index is 11.5. The molecule has 0 fully saturated rings. The van der Waals surface area contributed by atoms with Gasteiger partial charge in [0.25, 0.3) is 0 Å². The highest BCUT2D eigenvalue weighted by molar-refractivity contribution is 5.99. The largest absolute Gasteiger partial charge is 0.326 e. The number of carbonyl (C=O) groups excluding carboxylic acids is 1. The predicted molar refractivity (Wildman–Crippen MR) is 102 cm³/mol. The van der Waals surface area contributed by atoms with Gasteiger partial charge in [0.15, 0.2) is 0 Å². The van der Waals surface area contributed by atoms with E-state index in [0.29, 0.717) is 6.42 Å². The molecule has 2 heterocycles. The number of benzene rings is 2. The fourth-order valence-corrected chi connectivity index (χ4v) is 3.31. The van der Waals surface area contributed by atoms with Crippen LogP contribution in [0.4, 0.5) is 5.69 Å². The Kier molecular flexibility index (Phi) is 3.60. The number of hydrogen-bond acceptors (Lipinski definition) is 2. The van der Waals surface area contributed by atoms with Crippen molar-refractivity contribution in [2.45, 2.75) is 39.0 Å². The Morgan fingerprint density at radius 1 is 1.04 bits per heavy atom. The van der Waals surface area contributed by atoms with Crippen LogP contribution in [0.2, 0.25) is 0 Å². The second-order valence-electron chi connectivity index (χ2n) is 7.89. The summed E-state index contributed by atoms with van der Waals surface area (Å²) >= 11 is 0. The van der Waals surface area contributed by atoms with Crippen LogP contribution in [0.3, 0.4) is 0 Å². The summed E-state index contributed by atoms with van der Waals surface area (Å²) in [6, 6.07) is 15.0. The first kappa shape index (κ1) is 15.8. The second-order valence-corrected chi connectivity index (χ2v) is 7.89. The molecular formula is C22H22N2O. The molecule has 0 bridgehead atoms. The number of nitrogens with zero attached hydrogens (tertiary/aromatic N) is 1. The zero-order valence-electron chi connectivity index (χ0n) is 14.9. The molecule has 25 heavy (non-hydrogen) atoms. The molecule has 0 spiro atoms. The van der Waals surface area contributed by atoms with Crippen molar-refractivity contribution >= 4 is 22.5 Å². The van der Waals surface area contributed by atoms with Gasteiger partial charge in [-0.1, -0.05) is 39.0 Å². The molecule has 2 aromatic carbocycles. The number of amides is 1. The van der Waals surface area contributed by atoms with Crippen LogP contribution in [0, 0.1) is 0 Å². The van der Waals surface area contributed by atoms with E-state index < -0.39 is 0 Å². The molecule has 0 atom stereocenters. The van der Waals surface area contributed by atoms with Gasteiger partial charge in [0.05, 0.1) is 11.9 Å². The summed E-state index contributed by atoms with van der Waals surface area (Å²) in [5.41, 5.74) is 6.88. The number of hydrogen-bond donors (Lipinski definition) is 1. The standard InChI is InChI=1S/C22H22N2O/c1-22(2,3)18-11-17-9-14(5-7-19(17)23-13-18)8-15-4-6-16-12-21(25)24-20(16)10-15/h4-7,9-11,13H,8,12H2,1-3H3,(H,24,25). The summed E-state index contributed by atoms with van der Waals surface area (Å²) in [6.07, 6.45) is 3.32. The van der Waals surface area contributed by atoms with Gasteiger partial charge in [0, 0.05) is 17.3 Å². The van der Waals surface area contributed by atoms with Crippen LogP contribution in [-0.4, -0.2) is 10.9 Å². The van der Waals surface area contributed by atoms with Crippen LogP contribution in [0.1, 0.15) is 43.0 Å². The van der Waals surface area contributed by atoms with E-state index in [1.165, 1.54) is 22.1 Å². The highest BCUT2D eigenvalue weighted by atomic mass is 16.1. The molecule has 1 amide bonds. The number of fused-ring (bicyclic) bond motifs is 2. The number of pyridine rings is 1. The molecular weight excluding hydrogens is 308 g/mol. The van der Waals surface area contributed by atoms with Gasteiger partial charge in [-0.05, 0) is 58.4 Å². The maximum absolute atomic E-state index is 11.5. The van der Waals surface area contributed by atoms with Crippen LogP contribution in [0.15, 0.2) is 48.7 Å². The van der Waals surface area contributed by atoms with Crippen molar-refractivity contribution < 1.29 is 4.79 Å². The fraction of sp³-hybridized carbons (Fsp3) is 0.273. The topological polar surface area (TPSA) is 42.0 Å². The minimum atomic E-state index is 0.0821. The van der Waals surface area contributed by atoms with Gasteiger partial charge >= 0.3 is 0 Å². The Morgan fingerprint density at radius 3 is 2.60 bits per heavy atom. The number of anilines is 1. The van der Waals surface area contributed by atoms with Gasteiger partial charge in [-0.2, -0.15) is 0 Å². The van der Waals surface area contributed by atoms with Crippen LogP contribution >= 0.6 is 0 Å². The molecule has 1 aromatic heterocycles. The fourth-order valence-electron chi connectivity index (χ4n) is 3.31. The normalized spacial score (nSPS) is 13.8. The monoisotopic (exact) mass is 330 g/mol. The lowest BCUT2D eigenvalue weighted by atomic mass is 9.87. The highest BCUT2D eigenvalue weighted by Gasteiger charge is 2.17. The average Bonchev–Trinajstić information content (AvgIpc) is 2.92. The Balaban J connectivity index is 1.66. The smallest absolute Gasteiger partial charge is 0.228 e. The predicted octanol–water partition coefficient (Wildman–Crippen LogP) is 4.62. The van der Waals surface area contributed by atoms with E-state index in [-0.39, 0.29) is 11.3 Å². The van der Waals surface area contributed by atoms with Gasteiger partial charge in [-0.3, -0.25) is 9.78 Å². The van der Waals surface area contributed by atoms with Gasteiger partial charge < -0.3 is 5.32 Å². The minimum Gasteiger partial charge on any atom is -0.326 e. The van der Waals surface area contributed by atoms with E-state index in [9.17, 15) is 4.79 Å². The van der Waals surface area contributed by atoms with E-state index in [0.717, 1.165) is 23.2 Å². The summed E-state index contributed by atoms with van der Waals surface area (Å²) in [6.45, 7) is 6.62. The molecule has 1 aliphatic rings. The highest BCUT2D eigenvalue weighted by Crippen LogP contribution is 2.27. The van der Waals surface area contributed by atoms with Crippen molar-refractivity contribution in [2.75, 3.05) is 5.32 Å². The molecule has 1 N–H and O–H groups in total. The SMILES string of the molecule is CC(C)(C)c1cnc2ccc(Cc3ccc4c(c3)NC(=O)C4)cc2c1. The third-order valence-corrected chi connectivity index (χ3v) is 4.82. The Hall–Kier alpha value is -2.68. The average molecular weight is 330 g/mol. The second kappa shape index (κ2) is 5.69. The van der Waals surface area contributed by atoms with E-state index >= 15 is 0 Å². The van der Waals surface area contributed by atoms with Gasteiger partial charge in [0.2, 0.25) is 5.91 Å². The Morgan fingerprint density at radius 2 is 1.80 bits per heavy atom. The summed E-state index contributed by atoms with van der Waals surface area (Å²) in [4.78, 5) is 16.1. The summed E-state index contributed by atoms with van der Waals surface area (Å²) in [7, 11) is 0. The van der Waals surface area contributed by atoms with Crippen LogP contribution in [-0.2, 0) is 23.1 Å². The first-order chi connectivity index (χ1) is 11.9. The quantitative estimate of drug-likeness (QED) is 0.745. The Labute approximate surface area is 148 Å². The van der Waals surface area contributed by atoms with Crippen LogP contribution in [0.25, 0.3) is 10.9 Å². The lowest BCUT2D eigenvalue weighted by Crippen LogP contribution is -2.11. The van der Waals surface area contributed by atoms with Crippen LogP contribution in [0.5, 0.6) is 0 Å². The van der Waals surface area contributed by atoms with E-state index in [2.05, 4.69) is 73.5 Å². The number of aromatic nitrogens is 1. The molecule has 4 rings (SSSR count). The van der Waals surface area contributed by atoms with Gasteiger partial charge in [-0.25, -0.2) is 0 Å². The molecule has 0 saturated heterocycles. The molecule has 0 saturated carbocycles. The lowest BCUT2D eigenvalue weighted by molar-refractivity contribution is -0.115. The lowest BCUT2D eigenvalue weighted by Gasteiger charge is -2.19. The summed E-state index contributed by atoms with van der Waals surface area (Å²) in [5, 5.41) is 4.11. The van der Waals surface area contributed by atoms with Crippen molar-refractivity contribution in [3.05, 3.63) is 70.9 Å². The third kappa shape index (κ3) is 3.14. The number of nitrogens with one attached hydrogen (secondary N) is 1. The van der Waals surface area contributed by atoms with E-state index in [4.69, 9.17) is 0 Å². The zero-order valence-corrected chi connectivity index (χ0v) is 14.9. The molecule has 0 aliphatic carbocycles. The zero-order chi connectivity index (χ0) is 17.6. The Bertz CT molecular complexity index is 983. The molecule has 1 aliphatic heterocycles. The first-order valence-corrected chi connectivity index (χ1v) is 8.69. The molecule has 0 unspecified atom stereocenters. The van der Waals surface area contributed by atoms with Gasteiger partial charge in [0.1, 0.15) is 0 Å². The molecule has 126 valence electrons. The van der Waals surface area contributed by atoms with Crippen molar-refractivity contribution in [3.63, 3.8) is 0 Å². The van der Waals surface area contributed by atoms with Crippen molar-refractivity contribution in [1.82, 2.24) is 4.98 Å². The van der Waals surface area contributed by atoms with Gasteiger partial charge in [-0.15, -0.1) is 0 Å². The van der Waals surface area contributed by atoms with Crippen LogP contribution < -0.4 is 5.32 Å². The summed E-state index contributed by atoms with van der Waals surface area (Å²) < 4.78 is 0. The third-order valence-electron chi connectivity index (χ3n) is 4.82. The van der Waals surface area contributed by atoms with Crippen molar-refractivity contribution in [1.29, 1.82) is 0 Å². The van der Waals surface area contributed by atoms with Crippen molar-refractivity contribution in [3.8, 4) is 0 Å². The van der Waals surface area contributed by atoms with Crippen molar-refractivity contribution in [2.24, 2.45) is 0 Å². The molecule has 3 nitrogen and oxygen atoms in total. The molecule has 3 aromatic rings. The maximum Gasteiger partial charge on any atom is 0.228 e. The number of carbonyl (C=O) groups is 1. The molecule has 0 radical (unpaired) electrons. The summed E-state index contributed by atoms with van der Waals surface area (Å²) in [5.74, 6) is 0.0821.